The zero-order valence-electron chi connectivity index (χ0n) is 12.5. The number of benzene rings is 1. The highest BCUT2D eigenvalue weighted by Crippen LogP contribution is 2.42. The summed E-state index contributed by atoms with van der Waals surface area (Å²) in [6, 6.07) is 4.05. The summed E-state index contributed by atoms with van der Waals surface area (Å²) in [6.07, 6.45) is 2.35. The molecule has 1 saturated heterocycles. The molecule has 3 unspecified atom stereocenters. The molecular formula is C16H22ClNO3. The van der Waals surface area contributed by atoms with E-state index in [1.807, 2.05) is 19.2 Å². The van der Waals surface area contributed by atoms with Gasteiger partial charge < -0.3 is 19.5 Å². The van der Waals surface area contributed by atoms with Gasteiger partial charge in [-0.3, -0.25) is 0 Å². The molecule has 3 atom stereocenters. The van der Waals surface area contributed by atoms with Crippen LogP contribution in [-0.4, -0.2) is 33.0 Å². The lowest BCUT2D eigenvalue weighted by Gasteiger charge is -2.29. The molecule has 2 heterocycles. The van der Waals surface area contributed by atoms with Crippen molar-refractivity contribution in [3.8, 4) is 11.5 Å². The maximum absolute atomic E-state index is 6.49. The van der Waals surface area contributed by atoms with E-state index < -0.39 is 0 Å². The van der Waals surface area contributed by atoms with E-state index in [2.05, 4.69) is 12.2 Å². The van der Waals surface area contributed by atoms with Crippen LogP contribution in [0.3, 0.4) is 0 Å². The van der Waals surface area contributed by atoms with Gasteiger partial charge in [0.05, 0.1) is 6.10 Å². The largest absolute Gasteiger partial charge is 0.486 e. The van der Waals surface area contributed by atoms with Crippen LogP contribution >= 0.6 is 11.6 Å². The predicted molar refractivity (Wildman–Crippen MR) is 82.4 cm³/mol. The van der Waals surface area contributed by atoms with Crippen LogP contribution in [0.1, 0.15) is 31.4 Å². The lowest BCUT2D eigenvalue weighted by Crippen LogP contribution is -2.31. The highest BCUT2D eigenvalue weighted by Gasteiger charge is 2.35. The third-order valence-corrected chi connectivity index (χ3v) is 4.73. The fourth-order valence-corrected chi connectivity index (χ4v) is 3.66. The van der Waals surface area contributed by atoms with Gasteiger partial charge in [0.1, 0.15) is 13.2 Å². The van der Waals surface area contributed by atoms with Gasteiger partial charge in [-0.1, -0.05) is 18.5 Å². The summed E-state index contributed by atoms with van der Waals surface area (Å²) in [5.41, 5.74) is 1.07. The van der Waals surface area contributed by atoms with Crippen LogP contribution in [0.2, 0.25) is 5.02 Å². The van der Waals surface area contributed by atoms with Crippen LogP contribution in [0, 0.1) is 5.92 Å². The van der Waals surface area contributed by atoms with Crippen molar-refractivity contribution in [1.82, 2.24) is 5.32 Å². The molecule has 0 aromatic heterocycles. The Kier molecular flexibility index (Phi) is 4.57. The van der Waals surface area contributed by atoms with Crippen molar-refractivity contribution in [3.05, 3.63) is 22.7 Å². The lowest BCUT2D eigenvalue weighted by molar-refractivity contribution is 0.0782. The molecule has 0 radical (unpaired) electrons. The number of rotatable bonds is 4. The number of nitrogens with one attached hydrogen (secondary N) is 1. The van der Waals surface area contributed by atoms with Gasteiger partial charge in [0.2, 0.25) is 0 Å². The Bertz CT molecular complexity index is 509. The summed E-state index contributed by atoms with van der Waals surface area (Å²) in [5.74, 6) is 1.95. The molecule has 1 aromatic rings. The van der Waals surface area contributed by atoms with Crippen molar-refractivity contribution in [2.75, 3.05) is 26.9 Å². The fourth-order valence-electron chi connectivity index (χ4n) is 3.39. The van der Waals surface area contributed by atoms with Crippen LogP contribution in [0.15, 0.2) is 12.1 Å². The number of hydrogen-bond acceptors (Lipinski definition) is 4. The summed E-state index contributed by atoms with van der Waals surface area (Å²) >= 11 is 6.49. The van der Waals surface area contributed by atoms with Crippen LogP contribution in [-0.2, 0) is 4.74 Å². The Balaban J connectivity index is 1.93. The van der Waals surface area contributed by atoms with Crippen LogP contribution < -0.4 is 14.8 Å². The van der Waals surface area contributed by atoms with E-state index in [1.165, 1.54) is 0 Å². The first-order valence-corrected chi connectivity index (χ1v) is 8.00. The third-order valence-electron chi connectivity index (χ3n) is 4.40. The van der Waals surface area contributed by atoms with Crippen molar-refractivity contribution in [3.63, 3.8) is 0 Å². The normalized spacial score (nSPS) is 25.9. The van der Waals surface area contributed by atoms with E-state index in [0.29, 0.717) is 19.1 Å². The van der Waals surface area contributed by atoms with Crippen molar-refractivity contribution >= 4 is 11.6 Å². The minimum Gasteiger partial charge on any atom is -0.486 e. The number of ether oxygens (including phenoxy) is 3. The van der Waals surface area contributed by atoms with Gasteiger partial charge in [-0.05, 0) is 31.5 Å². The summed E-state index contributed by atoms with van der Waals surface area (Å²) < 4.78 is 17.1. The maximum Gasteiger partial charge on any atom is 0.162 e. The molecule has 5 heteroatoms. The quantitative estimate of drug-likeness (QED) is 0.927. The zero-order chi connectivity index (χ0) is 14.8. The van der Waals surface area contributed by atoms with E-state index in [0.717, 1.165) is 41.5 Å². The second-order valence-corrected chi connectivity index (χ2v) is 5.96. The molecule has 116 valence electrons. The topological polar surface area (TPSA) is 39.7 Å². The average Bonchev–Trinajstić information content (AvgIpc) is 2.97. The molecular weight excluding hydrogens is 290 g/mol. The molecule has 1 fully saturated rings. The molecule has 0 saturated carbocycles. The van der Waals surface area contributed by atoms with E-state index in [9.17, 15) is 0 Å². The monoisotopic (exact) mass is 311 g/mol. The van der Waals surface area contributed by atoms with Crippen molar-refractivity contribution in [1.29, 1.82) is 0 Å². The van der Waals surface area contributed by atoms with Crippen LogP contribution in [0.5, 0.6) is 11.5 Å². The second-order valence-electron chi connectivity index (χ2n) is 5.55. The second kappa shape index (κ2) is 6.42. The van der Waals surface area contributed by atoms with E-state index in [-0.39, 0.29) is 12.1 Å². The molecule has 0 spiro atoms. The molecule has 1 N–H and O–H groups in total. The molecule has 1 aromatic carbocycles. The minimum atomic E-state index is 0.167. The van der Waals surface area contributed by atoms with E-state index in [1.54, 1.807) is 0 Å². The first-order valence-electron chi connectivity index (χ1n) is 7.62. The van der Waals surface area contributed by atoms with Gasteiger partial charge in [-0.25, -0.2) is 0 Å². The SMILES string of the molecule is CCC1OCCC1C(NC)c1cc2c(cc1Cl)OCCO2. The number of hydrogen-bond donors (Lipinski definition) is 1. The molecule has 4 nitrogen and oxygen atoms in total. The lowest BCUT2D eigenvalue weighted by atomic mass is 9.86. The summed E-state index contributed by atoms with van der Waals surface area (Å²) in [4.78, 5) is 0. The zero-order valence-corrected chi connectivity index (χ0v) is 13.3. The Labute approximate surface area is 130 Å². The summed E-state index contributed by atoms with van der Waals surface area (Å²) in [6.45, 7) is 4.15. The standard InChI is InChI=1S/C16H22ClNO3/c1-3-13-10(4-5-19-13)16(18-2)11-8-14-15(9-12(11)17)21-7-6-20-14/h8-10,13,16,18H,3-7H2,1-2H3. The Morgan fingerprint density at radius 1 is 1.24 bits per heavy atom. The molecule has 3 rings (SSSR count). The highest BCUT2D eigenvalue weighted by molar-refractivity contribution is 6.31. The van der Waals surface area contributed by atoms with Gasteiger partial charge in [-0.2, -0.15) is 0 Å². The van der Waals surface area contributed by atoms with Crippen molar-refractivity contribution in [2.24, 2.45) is 5.92 Å². The third kappa shape index (κ3) is 2.85. The van der Waals surface area contributed by atoms with Crippen LogP contribution in [0.4, 0.5) is 0 Å². The minimum absolute atomic E-state index is 0.167. The van der Waals surface area contributed by atoms with Gasteiger partial charge >= 0.3 is 0 Å². The van der Waals surface area contributed by atoms with Crippen LogP contribution in [0.25, 0.3) is 0 Å². The molecule has 0 amide bonds. The smallest absolute Gasteiger partial charge is 0.162 e. The van der Waals surface area contributed by atoms with E-state index >= 15 is 0 Å². The maximum atomic E-state index is 6.49. The Hall–Kier alpha value is -0.970. The Morgan fingerprint density at radius 3 is 2.62 bits per heavy atom. The molecule has 21 heavy (non-hydrogen) atoms. The molecule has 0 aliphatic carbocycles. The number of halogens is 1. The summed E-state index contributed by atoms with van der Waals surface area (Å²) in [5, 5.41) is 4.13. The molecule has 0 bridgehead atoms. The molecule has 2 aliphatic heterocycles. The summed E-state index contributed by atoms with van der Waals surface area (Å²) in [7, 11) is 1.98. The number of fused-ring (bicyclic) bond motifs is 1. The average molecular weight is 312 g/mol. The predicted octanol–water partition coefficient (Wildman–Crippen LogP) is 3.19. The van der Waals surface area contributed by atoms with Gasteiger partial charge in [-0.15, -0.1) is 0 Å². The first kappa shape index (κ1) is 14.9. The van der Waals surface area contributed by atoms with E-state index in [4.69, 9.17) is 25.8 Å². The fraction of sp³-hybridized carbons (Fsp3) is 0.625. The van der Waals surface area contributed by atoms with Crippen molar-refractivity contribution < 1.29 is 14.2 Å². The van der Waals surface area contributed by atoms with Gasteiger partial charge in [0.25, 0.3) is 0 Å². The van der Waals surface area contributed by atoms with Crippen molar-refractivity contribution in [2.45, 2.75) is 31.9 Å². The molecule has 2 aliphatic rings. The van der Waals surface area contributed by atoms with Gasteiger partial charge in [0.15, 0.2) is 11.5 Å². The first-order chi connectivity index (χ1) is 10.2. The Morgan fingerprint density at radius 2 is 1.95 bits per heavy atom. The highest BCUT2D eigenvalue weighted by atomic mass is 35.5. The van der Waals surface area contributed by atoms with Gasteiger partial charge in [0, 0.05) is 29.7 Å².